The second-order valence-corrected chi connectivity index (χ2v) is 8.13. The van der Waals surface area contributed by atoms with Crippen molar-refractivity contribution in [1.29, 1.82) is 0 Å². The smallest absolute Gasteiger partial charge is 0.416 e. The fourth-order valence-electron chi connectivity index (χ4n) is 2.67. The molecule has 2 N–H and O–H groups in total. The van der Waals surface area contributed by atoms with Crippen LogP contribution in [-0.2, 0) is 21.9 Å². The van der Waals surface area contributed by atoms with Crippen molar-refractivity contribution in [3.63, 3.8) is 0 Å². The fourth-order valence-corrected chi connectivity index (χ4v) is 2.67. The highest BCUT2D eigenvalue weighted by molar-refractivity contribution is 5.97. The number of nitrogens with zero attached hydrogens (tertiary/aromatic N) is 1. The van der Waals surface area contributed by atoms with Crippen LogP contribution >= 0.6 is 0 Å². The molecule has 0 atom stereocenters. The lowest BCUT2D eigenvalue weighted by Crippen LogP contribution is -2.62. The molecule has 0 saturated carbocycles. The second kappa shape index (κ2) is 8.87. The molecule has 3 amide bonds. The Kier molecular flexibility index (Phi) is 7.00. The van der Waals surface area contributed by atoms with Crippen molar-refractivity contribution in [3.8, 4) is 0 Å². The maximum Gasteiger partial charge on any atom is 0.416 e. The van der Waals surface area contributed by atoms with Crippen molar-refractivity contribution in [2.24, 2.45) is 0 Å². The third kappa shape index (κ3) is 7.02. The van der Waals surface area contributed by atoms with Gasteiger partial charge in [-0.05, 0) is 39.0 Å². The van der Waals surface area contributed by atoms with Crippen LogP contribution in [0.3, 0.4) is 0 Å². The lowest BCUT2D eigenvalue weighted by atomic mass is 10.0. The minimum absolute atomic E-state index is 0.101. The Balaban J connectivity index is 1.92. The van der Waals surface area contributed by atoms with E-state index in [4.69, 9.17) is 4.74 Å². The van der Waals surface area contributed by atoms with Crippen LogP contribution in [0.5, 0.6) is 0 Å². The Hall–Kier alpha value is -2.99. The number of rotatable bonds is 4. The molecule has 7 nitrogen and oxygen atoms in total. The number of hydrogen-bond acceptors (Lipinski definition) is 4. The zero-order valence-electron chi connectivity index (χ0n) is 17.3. The molecule has 13 heteroatoms. The number of benzene rings is 1. The van der Waals surface area contributed by atoms with Gasteiger partial charge in [-0.2, -0.15) is 26.3 Å². The van der Waals surface area contributed by atoms with Crippen LogP contribution in [0, 0.1) is 0 Å². The van der Waals surface area contributed by atoms with Crippen LogP contribution in [0.15, 0.2) is 18.2 Å². The van der Waals surface area contributed by atoms with Crippen LogP contribution < -0.4 is 10.6 Å². The number of hydrogen-bond donors (Lipinski definition) is 2. The molecule has 1 saturated heterocycles. The number of alkyl halides is 6. The molecule has 178 valence electrons. The number of carbonyl (C=O) groups excluding carboxylic acids is 3. The lowest BCUT2D eigenvalue weighted by Gasteiger charge is -2.39. The van der Waals surface area contributed by atoms with Crippen molar-refractivity contribution in [3.05, 3.63) is 34.9 Å². The summed E-state index contributed by atoms with van der Waals surface area (Å²) in [5.41, 5.74) is -4.86. The Labute approximate surface area is 179 Å². The third-order valence-electron chi connectivity index (χ3n) is 4.16. The van der Waals surface area contributed by atoms with Crippen molar-refractivity contribution in [1.82, 2.24) is 15.5 Å². The third-order valence-corrected chi connectivity index (χ3v) is 4.16. The molecule has 1 aromatic carbocycles. The molecule has 0 radical (unpaired) electrons. The molecule has 0 spiro atoms. The zero-order chi connectivity index (χ0) is 24.5. The van der Waals surface area contributed by atoms with Gasteiger partial charge in [0, 0.05) is 18.7 Å². The number of ether oxygens (including phenoxy) is 1. The average Bonchev–Trinajstić information content (AvgIpc) is 2.58. The van der Waals surface area contributed by atoms with Gasteiger partial charge in [-0.15, -0.1) is 0 Å². The quantitative estimate of drug-likeness (QED) is 0.664. The van der Waals surface area contributed by atoms with Crippen LogP contribution in [-0.4, -0.2) is 54.1 Å². The molecule has 1 heterocycles. The van der Waals surface area contributed by atoms with E-state index in [2.05, 4.69) is 5.32 Å². The van der Waals surface area contributed by atoms with E-state index < -0.39 is 65.1 Å². The van der Waals surface area contributed by atoms with E-state index in [9.17, 15) is 40.7 Å². The van der Waals surface area contributed by atoms with E-state index in [0.29, 0.717) is 0 Å². The fraction of sp³-hybridized carbons (Fsp3) is 0.526. The summed E-state index contributed by atoms with van der Waals surface area (Å²) >= 11 is 0. The summed E-state index contributed by atoms with van der Waals surface area (Å²) in [4.78, 5) is 37.1. The summed E-state index contributed by atoms with van der Waals surface area (Å²) in [6.07, 6.45) is -10.8. The van der Waals surface area contributed by atoms with Crippen LogP contribution in [0.4, 0.5) is 31.1 Å². The number of amides is 3. The maximum atomic E-state index is 12.9. The van der Waals surface area contributed by atoms with E-state index in [1.54, 1.807) is 20.8 Å². The van der Waals surface area contributed by atoms with Gasteiger partial charge in [-0.25, -0.2) is 4.79 Å². The summed E-state index contributed by atoms with van der Waals surface area (Å²) in [7, 11) is 0. The molecule has 2 rings (SSSR count). The highest BCUT2D eigenvalue weighted by Crippen LogP contribution is 2.36. The Morgan fingerprint density at radius 3 is 1.91 bits per heavy atom. The van der Waals surface area contributed by atoms with Gasteiger partial charge in [0.15, 0.2) is 0 Å². The molecule has 0 unspecified atom stereocenters. The standard InChI is InChI=1S/C19H21F6N3O4/c1-17(2,3)32-16(31)28-8-13(9-28)27-14(29)7-26-15(30)10-4-11(18(20,21)22)6-12(5-10)19(23,24)25/h4-6,13H,7-9H2,1-3H3,(H,26,30)(H,27,29). The number of carbonyl (C=O) groups is 3. The molecule has 1 aliphatic heterocycles. The van der Waals surface area contributed by atoms with Crippen LogP contribution in [0.2, 0.25) is 0 Å². The molecule has 0 aromatic heterocycles. The van der Waals surface area contributed by atoms with Crippen molar-refractivity contribution in [2.45, 2.75) is 44.8 Å². The summed E-state index contributed by atoms with van der Waals surface area (Å²) in [6, 6.07) is 0.00816. The summed E-state index contributed by atoms with van der Waals surface area (Å²) in [6.45, 7) is 4.69. The summed E-state index contributed by atoms with van der Waals surface area (Å²) in [5, 5.41) is 4.46. The van der Waals surface area contributed by atoms with E-state index >= 15 is 0 Å². The molecular formula is C19H21F6N3O4. The minimum Gasteiger partial charge on any atom is -0.444 e. The molecule has 1 aliphatic rings. The van der Waals surface area contributed by atoms with E-state index in [0.717, 1.165) is 0 Å². The lowest BCUT2D eigenvalue weighted by molar-refractivity contribution is -0.143. The van der Waals surface area contributed by atoms with Crippen molar-refractivity contribution in [2.75, 3.05) is 19.6 Å². The van der Waals surface area contributed by atoms with E-state index in [1.807, 2.05) is 5.32 Å². The molecular weight excluding hydrogens is 448 g/mol. The highest BCUT2D eigenvalue weighted by atomic mass is 19.4. The molecule has 1 fully saturated rings. The molecule has 0 aliphatic carbocycles. The zero-order valence-corrected chi connectivity index (χ0v) is 17.3. The van der Waals surface area contributed by atoms with Gasteiger partial charge in [0.2, 0.25) is 5.91 Å². The van der Waals surface area contributed by atoms with Gasteiger partial charge in [-0.3, -0.25) is 9.59 Å². The van der Waals surface area contributed by atoms with Crippen LogP contribution in [0.25, 0.3) is 0 Å². The molecule has 32 heavy (non-hydrogen) atoms. The first-order valence-corrected chi connectivity index (χ1v) is 9.30. The predicted molar refractivity (Wildman–Crippen MR) is 98.5 cm³/mol. The highest BCUT2D eigenvalue weighted by Gasteiger charge is 2.38. The largest absolute Gasteiger partial charge is 0.444 e. The topological polar surface area (TPSA) is 87.7 Å². The first-order valence-electron chi connectivity index (χ1n) is 9.30. The van der Waals surface area contributed by atoms with Gasteiger partial charge < -0.3 is 20.3 Å². The van der Waals surface area contributed by atoms with Gasteiger partial charge in [0.25, 0.3) is 5.91 Å². The van der Waals surface area contributed by atoms with E-state index in [-0.39, 0.29) is 31.3 Å². The van der Waals surface area contributed by atoms with Crippen molar-refractivity contribution < 1.29 is 45.5 Å². The van der Waals surface area contributed by atoms with E-state index in [1.165, 1.54) is 4.90 Å². The van der Waals surface area contributed by atoms with Gasteiger partial charge in [0.05, 0.1) is 23.7 Å². The predicted octanol–water partition coefficient (Wildman–Crippen LogP) is 3.19. The van der Waals surface area contributed by atoms with Crippen LogP contribution in [0.1, 0.15) is 42.3 Å². The Morgan fingerprint density at radius 2 is 1.47 bits per heavy atom. The number of nitrogens with one attached hydrogen (secondary N) is 2. The Morgan fingerprint density at radius 1 is 0.969 bits per heavy atom. The first-order chi connectivity index (χ1) is 14.5. The van der Waals surface area contributed by atoms with Gasteiger partial charge in [0.1, 0.15) is 5.60 Å². The SMILES string of the molecule is CC(C)(C)OC(=O)N1CC(NC(=O)CNC(=O)c2cc(C(F)(F)F)cc(C(F)(F)F)c2)C1. The maximum absolute atomic E-state index is 12.9. The second-order valence-electron chi connectivity index (χ2n) is 8.13. The summed E-state index contributed by atoms with van der Waals surface area (Å²) in [5.74, 6) is -2.00. The first kappa shape index (κ1) is 25.3. The number of halogens is 6. The Bertz CT molecular complexity index is 854. The monoisotopic (exact) mass is 469 g/mol. The normalized spacial score (nSPS) is 15.1. The average molecular weight is 469 g/mol. The van der Waals surface area contributed by atoms with Gasteiger partial charge in [-0.1, -0.05) is 0 Å². The summed E-state index contributed by atoms with van der Waals surface area (Å²) < 4.78 is 82.4. The molecule has 0 bridgehead atoms. The minimum atomic E-state index is -5.10. The number of likely N-dealkylation sites (tertiary alicyclic amines) is 1. The van der Waals surface area contributed by atoms with Crippen molar-refractivity contribution >= 4 is 17.9 Å². The molecule has 1 aromatic rings. The van der Waals surface area contributed by atoms with Gasteiger partial charge >= 0.3 is 18.4 Å².